The number of carboxylic acids is 2. The maximum atomic E-state index is 10.8. The number of ether oxygens (including phenoxy) is 2. The zero-order valence-corrected chi connectivity index (χ0v) is 20.6. The van der Waals surface area contributed by atoms with Crippen molar-refractivity contribution in [1.29, 1.82) is 0 Å². The lowest BCUT2D eigenvalue weighted by atomic mass is 10.1. The Morgan fingerprint density at radius 3 is 1.47 bits per heavy atom. The molecule has 3 aromatic carbocycles. The number of allylic oxidation sites excluding steroid dienone is 2. The van der Waals surface area contributed by atoms with Crippen LogP contribution in [0.5, 0.6) is 11.5 Å². The summed E-state index contributed by atoms with van der Waals surface area (Å²) in [5, 5.41) is 17.7. The molecular weight excluding hydrogens is 480 g/mol. The SMILES string of the molecule is O=C(O)Cc1cccc(OCC=CC#Cc2ccc(C#CC=CCOc3cccc(CC(=O)O)c3)cc2)c1. The number of benzene rings is 3. The first kappa shape index (κ1) is 27.4. The minimum Gasteiger partial charge on any atom is -0.490 e. The van der Waals surface area contributed by atoms with E-state index in [1.54, 1.807) is 72.8 Å². The molecule has 0 atom stereocenters. The van der Waals surface area contributed by atoms with Gasteiger partial charge in [0.15, 0.2) is 0 Å². The van der Waals surface area contributed by atoms with E-state index in [1.807, 2.05) is 24.3 Å². The molecule has 6 heteroatoms. The lowest BCUT2D eigenvalue weighted by Gasteiger charge is -2.04. The van der Waals surface area contributed by atoms with E-state index in [0.717, 1.165) is 11.1 Å². The molecule has 0 spiro atoms. The van der Waals surface area contributed by atoms with Gasteiger partial charge >= 0.3 is 11.9 Å². The Balaban J connectivity index is 1.40. The zero-order valence-electron chi connectivity index (χ0n) is 20.6. The summed E-state index contributed by atoms with van der Waals surface area (Å²) in [6.45, 7) is 0.658. The molecule has 0 unspecified atom stereocenters. The fraction of sp³-hybridized carbons (Fsp3) is 0.125. The van der Waals surface area contributed by atoms with Crippen molar-refractivity contribution in [3.05, 3.63) is 119 Å². The lowest BCUT2D eigenvalue weighted by Crippen LogP contribution is -2.00. The van der Waals surface area contributed by atoms with Crippen molar-refractivity contribution in [3.63, 3.8) is 0 Å². The second-order valence-corrected chi connectivity index (χ2v) is 7.98. The fourth-order valence-electron chi connectivity index (χ4n) is 3.23. The molecule has 0 bridgehead atoms. The van der Waals surface area contributed by atoms with Crippen molar-refractivity contribution in [2.75, 3.05) is 13.2 Å². The monoisotopic (exact) mass is 506 g/mol. The third-order valence-electron chi connectivity index (χ3n) is 4.92. The number of hydrogen-bond acceptors (Lipinski definition) is 4. The van der Waals surface area contributed by atoms with Crippen molar-refractivity contribution in [3.8, 4) is 35.2 Å². The van der Waals surface area contributed by atoms with Gasteiger partial charge in [-0.15, -0.1) is 0 Å². The molecule has 0 saturated carbocycles. The van der Waals surface area contributed by atoms with E-state index in [1.165, 1.54) is 0 Å². The largest absolute Gasteiger partial charge is 0.490 e. The van der Waals surface area contributed by atoms with Gasteiger partial charge in [0.05, 0.1) is 12.8 Å². The van der Waals surface area contributed by atoms with Gasteiger partial charge in [0, 0.05) is 11.1 Å². The van der Waals surface area contributed by atoms with E-state index < -0.39 is 11.9 Å². The first-order valence-corrected chi connectivity index (χ1v) is 11.8. The van der Waals surface area contributed by atoms with E-state index in [4.69, 9.17) is 19.7 Å². The van der Waals surface area contributed by atoms with Crippen LogP contribution in [0.15, 0.2) is 97.1 Å². The maximum absolute atomic E-state index is 10.8. The molecule has 3 aromatic rings. The topological polar surface area (TPSA) is 93.1 Å². The lowest BCUT2D eigenvalue weighted by molar-refractivity contribution is -0.137. The summed E-state index contributed by atoms with van der Waals surface area (Å²) in [6.07, 6.45) is 6.93. The average Bonchev–Trinajstić information content (AvgIpc) is 2.88. The molecule has 0 fully saturated rings. The van der Waals surface area contributed by atoms with Crippen LogP contribution >= 0.6 is 0 Å². The van der Waals surface area contributed by atoms with Crippen LogP contribution in [-0.4, -0.2) is 35.4 Å². The normalized spacial score (nSPS) is 10.3. The van der Waals surface area contributed by atoms with Gasteiger partial charge in [-0.05, 0) is 84.0 Å². The van der Waals surface area contributed by atoms with Crippen molar-refractivity contribution in [2.24, 2.45) is 0 Å². The number of rotatable bonds is 10. The molecule has 0 radical (unpaired) electrons. The number of carbonyl (C=O) groups is 2. The third-order valence-corrected chi connectivity index (χ3v) is 4.92. The Labute approximate surface area is 221 Å². The standard InChI is InChI=1S/C32H26O6/c33-31(34)23-27-11-7-13-29(21-27)37-19-5-1-3-9-25-15-17-26(18-16-25)10-4-2-6-20-38-30-14-8-12-28(22-30)24-32(35)36/h1-2,5-8,11-18,21-22H,19-20,23-24H2,(H,33,34)(H,35,36). The zero-order chi connectivity index (χ0) is 27.0. The highest BCUT2D eigenvalue weighted by atomic mass is 16.5. The molecule has 190 valence electrons. The molecule has 0 saturated heterocycles. The van der Waals surface area contributed by atoms with Crippen molar-refractivity contribution < 1.29 is 29.3 Å². The second-order valence-electron chi connectivity index (χ2n) is 7.98. The van der Waals surface area contributed by atoms with Crippen LogP contribution in [-0.2, 0) is 22.4 Å². The number of carboxylic acid groups (broad SMARTS) is 2. The smallest absolute Gasteiger partial charge is 0.307 e. The summed E-state index contributed by atoms with van der Waals surface area (Å²) in [5.41, 5.74) is 3.09. The highest BCUT2D eigenvalue weighted by molar-refractivity contribution is 5.70. The molecule has 38 heavy (non-hydrogen) atoms. The highest BCUT2D eigenvalue weighted by Crippen LogP contribution is 2.14. The van der Waals surface area contributed by atoms with Crippen molar-refractivity contribution >= 4 is 11.9 Å². The molecule has 6 nitrogen and oxygen atoms in total. The summed E-state index contributed by atoms with van der Waals surface area (Å²) in [6, 6.07) is 21.6. The van der Waals surface area contributed by atoms with Gasteiger partial charge in [0.1, 0.15) is 24.7 Å². The Morgan fingerprint density at radius 2 is 1.08 bits per heavy atom. The third kappa shape index (κ3) is 10.6. The van der Waals surface area contributed by atoms with Crippen LogP contribution in [0.3, 0.4) is 0 Å². The molecule has 0 amide bonds. The van der Waals surface area contributed by atoms with Gasteiger partial charge < -0.3 is 19.7 Å². The second kappa shape index (κ2) is 15.0. The Hall–Kier alpha value is -5.20. The van der Waals surface area contributed by atoms with Crippen LogP contribution in [0.25, 0.3) is 0 Å². The minimum atomic E-state index is -0.879. The van der Waals surface area contributed by atoms with E-state index in [0.29, 0.717) is 35.8 Å². The average molecular weight is 507 g/mol. The van der Waals surface area contributed by atoms with Gasteiger partial charge in [-0.25, -0.2) is 0 Å². The number of hydrogen-bond donors (Lipinski definition) is 2. The molecule has 2 N–H and O–H groups in total. The summed E-state index contributed by atoms with van der Waals surface area (Å²) in [5.74, 6) is 11.5. The van der Waals surface area contributed by atoms with Gasteiger partial charge in [-0.3, -0.25) is 9.59 Å². The Morgan fingerprint density at radius 1 is 0.658 bits per heavy atom. The Kier molecular flexibility index (Phi) is 10.8. The molecule has 0 aliphatic carbocycles. The first-order chi connectivity index (χ1) is 18.5. The van der Waals surface area contributed by atoms with Crippen molar-refractivity contribution in [2.45, 2.75) is 12.8 Å². The fourth-order valence-corrected chi connectivity index (χ4v) is 3.23. The molecule has 0 aliphatic heterocycles. The van der Waals surface area contributed by atoms with Gasteiger partial charge in [0.2, 0.25) is 0 Å². The van der Waals surface area contributed by atoms with Gasteiger partial charge in [-0.1, -0.05) is 47.9 Å². The van der Waals surface area contributed by atoms with Crippen LogP contribution in [0, 0.1) is 23.7 Å². The first-order valence-electron chi connectivity index (χ1n) is 11.8. The van der Waals surface area contributed by atoms with Crippen LogP contribution < -0.4 is 9.47 Å². The van der Waals surface area contributed by atoms with Crippen LogP contribution in [0.4, 0.5) is 0 Å². The summed E-state index contributed by atoms with van der Waals surface area (Å²) in [4.78, 5) is 21.6. The maximum Gasteiger partial charge on any atom is 0.307 e. The quantitative estimate of drug-likeness (QED) is 0.380. The predicted octanol–water partition coefficient (Wildman–Crippen LogP) is 4.91. The van der Waals surface area contributed by atoms with E-state index >= 15 is 0 Å². The molecular formula is C32H26O6. The van der Waals surface area contributed by atoms with Gasteiger partial charge in [0.25, 0.3) is 0 Å². The molecule has 0 heterocycles. The Bertz CT molecular complexity index is 1320. The van der Waals surface area contributed by atoms with Crippen LogP contribution in [0.2, 0.25) is 0 Å². The van der Waals surface area contributed by atoms with Gasteiger partial charge in [-0.2, -0.15) is 0 Å². The molecule has 3 rings (SSSR count). The molecule has 0 aromatic heterocycles. The van der Waals surface area contributed by atoms with Crippen molar-refractivity contribution in [1.82, 2.24) is 0 Å². The van der Waals surface area contributed by atoms with Crippen LogP contribution in [0.1, 0.15) is 22.3 Å². The number of aliphatic carboxylic acids is 2. The van der Waals surface area contributed by atoms with E-state index in [-0.39, 0.29) is 12.8 Å². The summed E-state index contributed by atoms with van der Waals surface area (Å²) in [7, 11) is 0. The molecule has 0 aliphatic rings. The highest BCUT2D eigenvalue weighted by Gasteiger charge is 2.02. The summed E-state index contributed by atoms with van der Waals surface area (Å²) >= 11 is 0. The summed E-state index contributed by atoms with van der Waals surface area (Å²) < 4.78 is 11.2. The van der Waals surface area contributed by atoms with E-state index in [2.05, 4.69) is 23.7 Å². The minimum absolute atomic E-state index is 0.0389. The predicted molar refractivity (Wildman–Crippen MR) is 145 cm³/mol. The van der Waals surface area contributed by atoms with E-state index in [9.17, 15) is 9.59 Å².